The highest BCUT2D eigenvalue weighted by molar-refractivity contribution is 6.30. The molecule has 1 atom stereocenters. The van der Waals surface area contributed by atoms with E-state index in [0.29, 0.717) is 5.02 Å². The minimum atomic E-state index is -0.0921. The number of carbonyl (C=O) groups excluding carboxylic acids is 1. The Morgan fingerprint density at radius 3 is 2.44 bits per heavy atom. The minimum Gasteiger partial charge on any atom is -0.369 e. The average Bonchev–Trinajstić information content (AvgIpc) is 2.34. The van der Waals surface area contributed by atoms with Crippen molar-refractivity contribution in [2.75, 3.05) is 6.61 Å². The molecule has 0 aromatic heterocycles. The summed E-state index contributed by atoms with van der Waals surface area (Å²) in [6.45, 7) is 5.94. The summed E-state index contributed by atoms with van der Waals surface area (Å²) in [6.07, 6.45) is 0.890. The molecule has 0 fully saturated rings. The Morgan fingerprint density at radius 2 is 1.94 bits per heavy atom. The number of nitrogens with one attached hydrogen (secondary N) is 1. The van der Waals surface area contributed by atoms with Gasteiger partial charge < -0.3 is 10.1 Å². The van der Waals surface area contributed by atoms with Gasteiger partial charge in [-0.1, -0.05) is 30.7 Å². The highest BCUT2D eigenvalue weighted by Crippen LogP contribution is 2.18. The summed E-state index contributed by atoms with van der Waals surface area (Å²) in [4.78, 5) is 11.7. The van der Waals surface area contributed by atoms with Gasteiger partial charge in [0.2, 0.25) is 5.91 Å². The maximum absolute atomic E-state index is 11.7. The zero-order chi connectivity index (χ0) is 13.5. The number of benzene rings is 1. The highest BCUT2D eigenvalue weighted by atomic mass is 35.5. The molecule has 0 heterocycles. The van der Waals surface area contributed by atoms with Crippen LogP contribution in [-0.2, 0) is 9.53 Å². The van der Waals surface area contributed by atoms with Crippen LogP contribution in [-0.4, -0.2) is 18.6 Å². The van der Waals surface area contributed by atoms with Crippen molar-refractivity contribution in [3.63, 3.8) is 0 Å². The van der Waals surface area contributed by atoms with Gasteiger partial charge in [-0.3, -0.25) is 4.79 Å². The van der Waals surface area contributed by atoms with Crippen LogP contribution in [0.3, 0.4) is 0 Å². The molecule has 0 spiro atoms. The molecule has 4 heteroatoms. The summed E-state index contributed by atoms with van der Waals surface area (Å²) < 4.78 is 5.27. The van der Waals surface area contributed by atoms with Crippen LogP contribution in [0.5, 0.6) is 0 Å². The van der Waals surface area contributed by atoms with Crippen molar-refractivity contribution in [3.05, 3.63) is 34.9 Å². The zero-order valence-corrected chi connectivity index (χ0v) is 11.8. The fourth-order valence-electron chi connectivity index (χ4n) is 1.59. The van der Waals surface area contributed by atoms with Gasteiger partial charge in [-0.25, -0.2) is 0 Å². The van der Waals surface area contributed by atoms with Crippen molar-refractivity contribution in [1.29, 1.82) is 0 Å². The van der Waals surface area contributed by atoms with Crippen molar-refractivity contribution in [2.24, 2.45) is 0 Å². The van der Waals surface area contributed by atoms with Crippen molar-refractivity contribution < 1.29 is 9.53 Å². The Labute approximate surface area is 113 Å². The van der Waals surface area contributed by atoms with Crippen molar-refractivity contribution in [1.82, 2.24) is 5.32 Å². The summed E-state index contributed by atoms with van der Waals surface area (Å²) in [5, 5.41) is 3.65. The van der Waals surface area contributed by atoms with Crippen LogP contribution >= 0.6 is 11.6 Å². The number of rotatable bonds is 6. The number of hydrogen-bond donors (Lipinski definition) is 1. The van der Waals surface area contributed by atoms with Gasteiger partial charge in [-0.15, -0.1) is 0 Å². The fraction of sp³-hybridized carbons (Fsp3) is 0.500. The molecule has 0 aliphatic carbocycles. The third-order valence-electron chi connectivity index (χ3n) is 2.56. The van der Waals surface area contributed by atoms with E-state index in [-0.39, 0.29) is 24.7 Å². The summed E-state index contributed by atoms with van der Waals surface area (Å²) in [5.74, 6) is -0.0921. The molecule has 18 heavy (non-hydrogen) atoms. The van der Waals surface area contributed by atoms with Crippen LogP contribution in [0.4, 0.5) is 0 Å². The fourth-order valence-corrected chi connectivity index (χ4v) is 1.72. The van der Waals surface area contributed by atoms with Gasteiger partial charge in [0.05, 0.1) is 12.1 Å². The lowest BCUT2D eigenvalue weighted by molar-refractivity contribution is -0.127. The molecule has 3 nitrogen and oxygen atoms in total. The summed E-state index contributed by atoms with van der Waals surface area (Å²) in [7, 11) is 0. The van der Waals surface area contributed by atoms with E-state index < -0.39 is 0 Å². The summed E-state index contributed by atoms with van der Waals surface area (Å²) >= 11 is 5.84. The predicted molar refractivity (Wildman–Crippen MR) is 73.7 cm³/mol. The van der Waals surface area contributed by atoms with E-state index in [2.05, 4.69) is 5.32 Å². The Morgan fingerprint density at radius 1 is 1.33 bits per heavy atom. The first-order valence-electron chi connectivity index (χ1n) is 6.19. The van der Waals surface area contributed by atoms with Gasteiger partial charge in [0.1, 0.15) is 6.61 Å². The third-order valence-corrected chi connectivity index (χ3v) is 2.82. The quantitative estimate of drug-likeness (QED) is 0.860. The summed E-state index contributed by atoms with van der Waals surface area (Å²) in [5.41, 5.74) is 1.06. The van der Waals surface area contributed by atoms with Crippen molar-refractivity contribution in [3.8, 4) is 0 Å². The monoisotopic (exact) mass is 269 g/mol. The Kier molecular flexibility index (Phi) is 6.16. The second-order valence-electron chi connectivity index (χ2n) is 4.44. The van der Waals surface area contributed by atoms with Gasteiger partial charge in [-0.05, 0) is 38.0 Å². The molecular formula is C14H20ClNO2. The van der Waals surface area contributed by atoms with Crippen LogP contribution in [0.15, 0.2) is 24.3 Å². The molecule has 1 unspecified atom stereocenters. The van der Waals surface area contributed by atoms with Gasteiger partial charge in [-0.2, -0.15) is 0 Å². The Hall–Kier alpha value is -1.06. The van der Waals surface area contributed by atoms with E-state index >= 15 is 0 Å². The molecule has 0 saturated carbocycles. The third kappa shape index (κ3) is 5.07. The highest BCUT2D eigenvalue weighted by Gasteiger charge is 2.12. The lowest BCUT2D eigenvalue weighted by atomic mass is 10.0. The topological polar surface area (TPSA) is 38.3 Å². The Balaban J connectivity index is 2.56. The SMILES string of the molecule is CCC(NC(=O)COC(C)C)c1ccc(Cl)cc1. The van der Waals surface area contributed by atoms with Gasteiger partial charge >= 0.3 is 0 Å². The van der Waals surface area contributed by atoms with E-state index in [1.807, 2.05) is 45.0 Å². The molecule has 1 rings (SSSR count). The molecule has 1 aromatic carbocycles. The van der Waals surface area contributed by atoms with E-state index in [1.54, 1.807) is 0 Å². The first-order chi connectivity index (χ1) is 8.52. The first-order valence-corrected chi connectivity index (χ1v) is 6.57. The maximum atomic E-state index is 11.7. The lowest BCUT2D eigenvalue weighted by Gasteiger charge is -2.18. The molecule has 1 amide bonds. The van der Waals surface area contributed by atoms with Crippen LogP contribution in [0.25, 0.3) is 0 Å². The number of ether oxygens (including phenoxy) is 1. The second-order valence-corrected chi connectivity index (χ2v) is 4.88. The first kappa shape index (κ1) is 15.0. The molecular weight excluding hydrogens is 250 g/mol. The van der Waals surface area contributed by atoms with Crippen LogP contribution in [0.1, 0.15) is 38.8 Å². The van der Waals surface area contributed by atoms with E-state index in [0.717, 1.165) is 12.0 Å². The smallest absolute Gasteiger partial charge is 0.246 e. The predicted octanol–water partition coefficient (Wildman–Crippen LogP) is 3.33. The zero-order valence-electron chi connectivity index (χ0n) is 11.1. The van der Waals surface area contributed by atoms with Crippen LogP contribution in [0.2, 0.25) is 5.02 Å². The van der Waals surface area contributed by atoms with Crippen molar-refractivity contribution >= 4 is 17.5 Å². The van der Waals surface area contributed by atoms with Gasteiger partial charge in [0.15, 0.2) is 0 Å². The van der Waals surface area contributed by atoms with Crippen LogP contribution in [0, 0.1) is 0 Å². The number of hydrogen-bond acceptors (Lipinski definition) is 2. The molecule has 0 radical (unpaired) electrons. The van der Waals surface area contributed by atoms with E-state index in [9.17, 15) is 4.79 Å². The minimum absolute atomic E-state index is 0.00512. The standard InChI is InChI=1S/C14H20ClNO2/c1-4-13(11-5-7-12(15)8-6-11)16-14(17)9-18-10(2)3/h5-8,10,13H,4,9H2,1-3H3,(H,16,17). The van der Waals surface area contributed by atoms with Gasteiger partial charge in [0.25, 0.3) is 0 Å². The van der Waals surface area contributed by atoms with Crippen molar-refractivity contribution in [2.45, 2.75) is 39.3 Å². The summed E-state index contributed by atoms with van der Waals surface area (Å²) in [6, 6.07) is 7.53. The number of halogens is 1. The largest absolute Gasteiger partial charge is 0.369 e. The van der Waals surface area contributed by atoms with E-state index in [1.165, 1.54) is 0 Å². The normalized spacial score (nSPS) is 12.5. The van der Waals surface area contributed by atoms with E-state index in [4.69, 9.17) is 16.3 Å². The molecule has 100 valence electrons. The molecule has 0 aliphatic heterocycles. The number of carbonyl (C=O) groups is 1. The average molecular weight is 270 g/mol. The molecule has 1 aromatic rings. The molecule has 1 N–H and O–H groups in total. The molecule has 0 bridgehead atoms. The molecule has 0 saturated heterocycles. The second kappa shape index (κ2) is 7.39. The number of amides is 1. The molecule has 0 aliphatic rings. The van der Waals surface area contributed by atoms with Gasteiger partial charge in [0, 0.05) is 5.02 Å². The Bertz CT molecular complexity index is 376. The van der Waals surface area contributed by atoms with Crippen LogP contribution < -0.4 is 5.32 Å². The lowest BCUT2D eigenvalue weighted by Crippen LogP contribution is -2.32. The maximum Gasteiger partial charge on any atom is 0.246 e.